The van der Waals surface area contributed by atoms with Crippen LogP contribution in [0.15, 0.2) is 18.2 Å². The minimum atomic E-state index is -5.08. The van der Waals surface area contributed by atoms with Crippen LogP contribution in [0.1, 0.15) is 18.6 Å². The van der Waals surface area contributed by atoms with E-state index in [4.69, 9.17) is 25.0 Å². The van der Waals surface area contributed by atoms with Crippen LogP contribution in [-0.4, -0.2) is 42.5 Å². The molecule has 4 N–H and O–H groups in total. The smallest absolute Gasteiger partial charge is 0.494 e. The Kier molecular flexibility index (Phi) is 8.39. The average molecular weight is 358 g/mol. The molecule has 6 nitrogen and oxygen atoms in total. The van der Waals surface area contributed by atoms with Gasteiger partial charge in [0.25, 0.3) is 0 Å². The fraction of sp³-hybridized carbons (Fsp3) is 0.417. The molecular weight excluding hydrogens is 341 g/mol. The Morgan fingerprint density at radius 3 is 2.48 bits per heavy atom. The quantitative estimate of drug-likeness (QED) is 0.694. The number of rotatable bonds is 3. The number of fused-ring (bicyclic) bond motifs is 1. The van der Waals surface area contributed by atoms with Crippen molar-refractivity contribution < 1.29 is 37.5 Å². The molecular formula is C12H16BClF3NO5. The molecule has 130 valence electrons. The summed E-state index contributed by atoms with van der Waals surface area (Å²) in [4.78, 5) is 8.90. The molecule has 0 fully saturated rings. The Morgan fingerprint density at radius 1 is 1.48 bits per heavy atom. The van der Waals surface area contributed by atoms with Gasteiger partial charge in [-0.25, -0.2) is 4.79 Å². The van der Waals surface area contributed by atoms with Crippen LogP contribution in [-0.2, 0) is 9.45 Å². The summed E-state index contributed by atoms with van der Waals surface area (Å²) in [6.45, 7) is 2.83. The van der Waals surface area contributed by atoms with Crippen LogP contribution in [0.5, 0.6) is 5.75 Å². The number of hydrogen-bond donors (Lipinski definition) is 3. The zero-order valence-electron chi connectivity index (χ0n) is 12.0. The third-order valence-electron chi connectivity index (χ3n) is 2.74. The molecule has 1 unspecified atom stereocenters. The maximum atomic E-state index is 10.6. The Balaban J connectivity index is 0.000000522. The molecule has 0 amide bonds. The van der Waals surface area contributed by atoms with Gasteiger partial charge in [0, 0.05) is 12.0 Å². The van der Waals surface area contributed by atoms with Crippen molar-refractivity contribution in [1.82, 2.24) is 0 Å². The number of aliphatic carboxylic acids is 1. The third-order valence-corrected chi connectivity index (χ3v) is 2.74. The van der Waals surface area contributed by atoms with Crippen LogP contribution in [0.25, 0.3) is 0 Å². The zero-order chi connectivity index (χ0) is 16.9. The second-order valence-electron chi connectivity index (χ2n) is 4.21. The predicted octanol–water partition coefficient (Wildman–Crippen LogP) is 0.858. The Hall–Kier alpha value is -1.49. The largest absolute Gasteiger partial charge is 0.495 e. The first-order valence-corrected chi connectivity index (χ1v) is 6.31. The van der Waals surface area contributed by atoms with Crippen molar-refractivity contribution in [2.24, 2.45) is 5.73 Å². The average Bonchev–Trinajstić information content (AvgIpc) is 2.76. The molecule has 1 atom stereocenters. The van der Waals surface area contributed by atoms with E-state index in [9.17, 15) is 18.2 Å². The van der Waals surface area contributed by atoms with Gasteiger partial charge in [-0.15, -0.1) is 12.4 Å². The van der Waals surface area contributed by atoms with Gasteiger partial charge in [0.2, 0.25) is 0 Å². The van der Waals surface area contributed by atoms with E-state index >= 15 is 0 Å². The van der Waals surface area contributed by atoms with Gasteiger partial charge in [0.05, 0.1) is 12.7 Å². The van der Waals surface area contributed by atoms with E-state index in [0.29, 0.717) is 18.9 Å². The normalized spacial score (nSPS) is 15.9. The van der Waals surface area contributed by atoms with Crippen molar-refractivity contribution in [3.05, 3.63) is 23.8 Å². The number of hydrogen-bond acceptors (Lipinski definition) is 5. The van der Waals surface area contributed by atoms with E-state index in [1.807, 2.05) is 25.1 Å². The van der Waals surface area contributed by atoms with Crippen molar-refractivity contribution in [2.75, 3.05) is 13.2 Å². The lowest BCUT2D eigenvalue weighted by Gasteiger charge is -2.09. The van der Waals surface area contributed by atoms with E-state index in [1.54, 1.807) is 0 Å². The van der Waals surface area contributed by atoms with E-state index < -0.39 is 19.3 Å². The van der Waals surface area contributed by atoms with Crippen LogP contribution in [0, 0.1) is 0 Å². The number of carboxylic acid groups (broad SMARTS) is 1. The summed E-state index contributed by atoms with van der Waals surface area (Å²) in [5.41, 5.74) is 7.20. The Morgan fingerprint density at radius 2 is 2.04 bits per heavy atom. The van der Waals surface area contributed by atoms with Gasteiger partial charge in [-0.1, -0.05) is 12.1 Å². The van der Waals surface area contributed by atoms with Gasteiger partial charge in [0.15, 0.2) is 0 Å². The van der Waals surface area contributed by atoms with E-state index in [0.717, 1.165) is 11.0 Å². The number of ether oxygens (including phenoxy) is 1. The summed E-state index contributed by atoms with van der Waals surface area (Å²) in [7, 11) is -0.920. The van der Waals surface area contributed by atoms with Gasteiger partial charge >= 0.3 is 19.3 Å². The molecule has 2 rings (SSSR count). The molecule has 0 aliphatic carbocycles. The number of halogens is 4. The highest BCUT2D eigenvalue weighted by molar-refractivity contribution is 6.62. The highest BCUT2D eigenvalue weighted by atomic mass is 35.5. The van der Waals surface area contributed by atoms with Crippen LogP contribution >= 0.6 is 12.4 Å². The molecule has 1 aromatic rings. The fourth-order valence-corrected chi connectivity index (χ4v) is 1.87. The van der Waals surface area contributed by atoms with Crippen LogP contribution in [0.3, 0.4) is 0 Å². The maximum absolute atomic E-state index is 10.6. The first-order valence-electron chi connectivity index (χ1n) is 6.31. The lowest BCUT2D eigenvalue weighted by Crippen LogP contribution is -2.29. The summed E-state index contributed by atoms with van der Waals surface area (Å²) < 4.78 is 42.5. The molecule has 1 aromatic carbocycles. The van der Waals surface area contributed by atoms with Gasteiger partial charge in [-0.05, 0) is 18.6 Å². The Labute approximate surface area is 136 Å². The van der Waals surface area contributed by atoms with Crippen molar-refractivity contribution >= 4 is 31.0 Å². The van der Waals surface area contributed by atoms with Gasteiger partial charge in [-0.3, -0.25) is 0 Å². The lowest BCUT2D eigenvalue weighted by atomic mass is 9.78. The topological polar surface area (TPSA) is 102 Å². The molecule has 23 heavy (non-hydrogen) atoms. The SMILES string of the molecule is CCOc1cccc2c1B(O)OC2CN.Cl.O=C(O)C(F)(F)F. The first kappa shape index (κ1) is 21.5. The number of alkyl halides is 3. The van der Waals surface area contributed by atoms with Crippen LogP contribution in [0.4, 0.5) is 13.2 Å². The number of carboxylic acids is 1. The van der Waals surface area contributed by atoms with Crippen LogP contribution in [0.2, 0.25) is 0 Å². The molecule has 0 aromatic heterocycles. The van der Waals surface area contributed by atoms with Gasteiger partial charge in [0.1, 0.15) is 5.75 Å². The van der Waals surface area contributed by atoms with Gasteiger partial charge in [-0.2, -0.15) is 13.2 Å². The molecule has 1 aliphatic heterocycles. The molecule has 0 bridgehead atoms. The Bertz CT molecular complexity index is 532. The number of carbonyl (C=O) groups is 1. The summed E-state index contributed by atoms with van der Waals surface area (Å²) in [6.07, 6.45) is -5.31. The van der Waals surface area contributed by atoms with Crippen molar-refractivity contribution in [1.29, 1.82) is 0 Å². The maximum Gasteiger partial charge on any atom is 0.495 e. The summed E-state index contributed by atoms with van der Waals surface area (Å²) in [5.74, 6) is -2.08. The number of benzene rings is 1. The van der Waals surface area contributed by atoms with Crippen LogP contribution < -0.4 is 15.9 Å². The first-order chi connectivity index (χ1) is 10.2. The van der Waals surface area contributed by atoms with Crippen molar-refractivity contribution in [3.63, 3.8) is 0 Å². The standard InChI is InChI=1S/C10H14BNO3.C2HF3O2.ClH/c1-2-14-8-5-3-4-7-9(6-12)15-11(13)10(7)8;3-2(4,5)1(6)7;/h3-5,9,13H,2,6,12H2,1H3;(H,6,7);1H. The third kappa shape index (κ3) is 5.58. The predicted molar refractivity (Wildman–Crippen MR) is 79.0 cm³/mol. The molecule has 1 heterocycles. The van der Waals surface area contributed by atoms with Crippen molar-refractivity contribution in [2.45, 2.75) is 19.2 Å². The molecule has 0 spiro atoms. The number of nitrogens with two attached hydrogens (primary N) is 1. The molecule has 1 aliphatic rings. The summed E-state index contributed by atoms with van der Waals surface area (Å²) in [6, 6.07) is 5.62. The van der Waals surface area contributed by atoms with E-state index in [1.165, 1.54) is 0 Å². The lowest BCUT2D eigenvalue weighted by molar-refractivity contribution is -0.192. The summed E-state index contributed by atoms with van der Waals surface area (Å²) in [5, 5.41) is 16.9. The molecule has 0 radical (unpaired) electrons. The second-order valence-corrected chi connectivity index (χ2v) is 4.21. The zero-order valence-corrected chi connectivity index (χ0v) is 12.9. The minimum absolute atomic E-state index is 0. The van der Waals surface area contributed by atoms with Gasteiger partial charge < -0.3 is 25.3 Å². The molecule has 0 saturated heterocycles. The van der Waals surface area contributed by atoms with Crippen molar-refractivity contribution in [3.8, 4) is 5.75 Å². The fourth-order valence-electron chi connectivity index (χ4n) is 1.87. The van der Waals surface area contributed by atoms with E-state index in [2.05, 4.69) is 0 Å². The molecule has 0 saturated carbocycles. The highest BCUT2D eigenvalue weighted by Gasteiger charge is 2.38. The monoisotopic (exact) mass is 357 g/mol. The highest BCUT2D eigenvalue weighted by Crippen LogP contribution is 2.26. The minimum Gasteiger partial charge on any atom is -0.494 e. The van der Waals surface area contributed by atoms with E-state index in [-0.39, 0.29) is 18.5 Å². The second kappa shape index (κ2) is 8.97. The molecule has 11 heteroatoms. The summed E-state index contributed by atoms with van der Waals surface area (Å²) >= 11 is 0.